The smallest absolute Gasteiger partial charge is 0.260 e. The Balaban J connectivity index is 1.31. The van der Waals surface area contributed by atoms with Crippen LogP contribution < -0.4 is 15.4 Å². The number of anilines is 2. The molecule has 1 saturated heterocycles. The SMILES string of the molecule is Cc1cccc(OCC(=O)N2CCN(c3nc(N)nc4ccc(-c5ccc(F)cc5)nc34)CC2)c1. The van der Waals surface area contributed by atoms with E-state index in [1.54, 1.807) is 17.0 Å². The van der Waals surface area contributed by atoms with Gasteiger partial charge >= 0.3 is 0 Å². The van der Waals surface area contributed by atoms with E-state index >= 15 is 0 Å². The number of pyridine rings is 1. The highest BCUT2D eigenvalue weighted by molar-refractivity contribution is 5.89. The number of piperazine rings is 1. The number of hydrogen-bond donors (Lipinski definition) is 1. The molecule has 0 aliphatic carbocycles. The second-order valence-electron chi connectivity index (χ2n) is 8.45. The van der Waals surface area contributed by atoms with Crippen molar-refractivity contribution in [3.63, 3.8) is 0 Å². The predicted octanol–water partition coefficient (Wildman–Crippen LogP) is 3.45. The van der Waals surface area contributed by atoms with Gasteiger partial charge in [0.25, 0.3) is 5.91 Å². The van der Waals surface area contributed by atoms with Gasteiger partial charge in [-0.15, -0.1) is 0 Å². The molecule has 1 fully saturated rings. The maximum Gasteiger partial charge on any atom is 0.260 e. The molecule has 35 heavy (non-hydrogen) atoms. The van der Waals surface area contributed by atoms with Crippen LogP contribution in [0, 0.1) is 12.7 Å². The van der Waals surface area contributed by atoms with Crippen LogP contribution in [0.15, 0.2) is 60.7 Å². The molecule has 1 amide bonds. The van der Waals surface area contributed by atoms with Gasteiger partial charge in [-0.05, 0) is 61.0 Å². The summed E-state index contributed by atoms with van der Waals surface area (Å²) < 4.78 is 19.0. The summed E-state index contributed by atoms with van der Waals surface area (Å²) in [5.41, 5.74) is 9.78. The monoisotopic (exact) mass is 472 g/mol. The molecule has 0 saturated carbocycles. The fourth-order valence-electron chi connectivity index (χ4n) is 4.13. The molecule has 9 heteroatoms. The molecule has 1 aliphatic rings. The van der Waals surface area contributed by atoms with E-state index in [-0.39, 0.29) is 24.3 Å². The van der Waals surface area contributed by atoms with Gasteiger partial charge in [-0.3, -0.25) is 4.79 Å². The van der Waals surface area contributed by atoms with E-state index in [2.05, 4.69) is 14.9 Å². The van der Waals surface area contributed by atoms with Gasteiger partial charge in [0, 0.05) is 31.7 Å². The quantitative estimate of drug-likeness (QED) is 0.475. The number of carbonyl (C=O) groups excluding carboxylic acids is 1. The average Bonchev–Trinajstić information content (AvgIpc) is 2.87. The number of fused-ring (bicyclic) bond motifs is 1. The Labute approximate surface area is 202 Å². The van der Waals surface area contributed by atoms with Crippen LogP contribution in [-0.4, -0.2) is 58.5 Å². The van der Waals surface area contributed by atoms with E-state index in [4.69, 9.17) is 15.5 Å². The lowest BCUT2D eigenvalue weighted by Crippen LogP contribution is -2.50. The number of aryl methyl sites for hydroxylation is 1. The maximum atomic E-state index is 13.3. The standard InChI is InChI=1S/C26H25FN6O2/c1-17-3-2-4-20(15-17)35-16-23(34)32-11-13-33(14-12-32)25-24-22(30-26(28)31-25)10-9-21(29-24)18-5-7-19(27)8-6-18/h2-10,15H,11-14,16H2,1H3,(H2,28,30,31). The Morgan fingerprint density at radius 1 is 1.00 bits per heavy atom. The van der Waals surface area contributed by atoms with Crippen LogP contribution >= 0.6 is 0 Å². The lowest BCUT2D eigenvalue weighted by molar-refractivity contribution is -0.133. The van der Waals surface area contributed by atoms with Crippen LogP contribution in [-0.2, 0) is 4.79 Å². The summed E-state index contributed by atoms with van der Waals surface area (Å²) in [6.45, 7) is 4.18. The van der Waals surface area contributed by atoms with Gasteiger partial charge in [-0.2, -0.15) is 4.98 Å². The largest absolute Gasteiger partial charge is 0.484 e. The molecule has 0 radical (unpaired) electrons. The van der Waals surface area contributed by atoms with Crippen molar-refractivity contribution < 1.29 is 13.9 Å². The third-order valence-electron chi connectivity index (χ3n) is 5.96. The third kappa shape index (κ3) is 4.98. The van der Waals surface area contributed by atoms with E-state index in [1.807, 2.05) is 43.3 Å². The van der Waals surface area contributed by atoms with Gasteiger partial charge in [-0.25, -0.2) is 14.4 Å². The van der Waals surface area contributed by atoms with E-state index in [0.29, 0.717) is 54.5 Å². The molecule has 2 aromatic heterocycles. The van der Waals surface area contributed by atoms with Gasteiger partial charge in [0.2, 0.25) is 5.95 Å². The summed E-state index contributed by atoms with van der Waals surface area (Å²) in [4.78, 5) is 30.1. The van der Waals surface area contributed by atoms with Crippen LogP contribution in [0.2, 0.25) is 0 Å². The number of rotatable bonds is 5. The Bertz CT molecular complexity index is 1370. The van der Waals surface area contributed by atoms with Gasteiger partial charge in [0.1, 0.15) is 17.1 Å². The van der Waals surface area contributed by atoms with Crippen molar-refractivity contribution in [2.45, 2.75) is 6.92 Å². The maximum absolute atomic E-state index is 13.3. The molecule has 1 aliphatic heterocycles. The van der Waals surface area contributed by atoms with Gasteiger partial charge in [0.15, 0.2) is 12.4 Å². The summed E-state index contributed by atoms with van der Waals surface area (Å²) in [6.07, 6.45) is 0. The lowest BCUT2D eigenvalue weighted by atomic mass is 10.1. The number of aromatic nitrogens is 3. The molecule has 0 unspecified atom stereocenters. The number of benzene rings is 2. The van der Waals surface area contributed by atoms with Crippen molar-refractivity contribution in [2.24, 2.45) is 0 Å². The van der Waals surface area contributed by atoms with E-state index < -0.39 is 0 Å². The Morgan fingerprint density at radius 3 is 2.51 bits per heavy atom. The molecule has 178 valence electrons. The fraction of sp³-hybridized carbons (Fsp3) is 0.231. The summed E-state index contributed by atoms with van der Waals surface area (Å²) in [5.74, 6) is 1.11. The normalized spacial score (nSPS) is 13.8. The number of nitrogens with zero attached hydrogens (tertiary/aromatic N) is 5. The summed E-state index contributed by atoms with van der Waals surface area (Å²) >= 11 is 0. The van der Waals surface area contributed by atoms with Crippen molar-refractivity contribution in [2.75, 3.05) is 43.4 Å². The zero-order chi connectivity index (χ0) is 24.4. The van der Waals surface area contributed by atoms with Crippen molar-refractivity contribution in [3.8, 4) is 17.0 Å². The number of halogens is 1. The van der Waals surface area contributed by atoms with Crippen LogP contribution in [0.1, 0.15) is 5.56 Å². The highest BCUT2D eigenvalue weighted by Crippen LogP contribution is 2.27. The summed E-state index contributed by atoms with van der Waals surface area (Å²) in [6, 6.07) is 17.5. The number of amides is 1. The molecule has 2 N–H and O–H groups in total. The first-order chi connectivity index (χ1) is 17.0. The topological polar surface area (TPSA) is 97.5 Å². The number of ether oxygens (including phenoxy) is 1. The number of hydrogen-bond acceptors (Lipinski definition) is 7. The van der Waals surface area contributed by atoms with Crippen LogP contribution in [0.25, 0.3) is 22.3 Å². The molecule has 0 bridgehead atoms. The highest BCUT2D eigenvalue weighted by atomic mass is 19.1. The van der Waals surface area contributed by atoms with Crippen molar-refractivity contribution >= 4 is 28.7 Å². The van der Waals surface area contributed by atoms with E-state index in [1.165, 1.54) is 12.1 Å². The number of nitrogen functional groups attached to an aromatic ring is 1. The first kappa shape index (κ1) is 22.5. The molecule has 5 rings (SSSR count). The highest BCUT2D eigenvalue weighted by Gasteiger charge is 2.24. The summed E-state index contributed by atoms with van der Waals surface area (Å²) in [7, 11) is 0. The molecule has 3 heterocycles. The van der Waals surface area contributed by atoms with Crippen molar-refractivity contribution in [1.82, 2.24) is 19.9 Å². The van der Waals surface area contributed by atoms with Gasteiger partial charge in [0.05, 0.1) is 11.2 Å². The molecule has 2 aromatic carbocycles. The van der Waals surface area contributed by atoms with E-state index in [9.17, 15) is 9.18 Å². The number of nitrogens with two attached hydrogens (primary N) is 1. The Morgan fingerprint density at radius 2 is 1.77 bits per heavy atom. The van der Waals surface area contributed by atoms with Crippen LogP contribution in [0.4, 0.5) is 16.2 Å². The molecule has 8 nitrogen and oxygen atoms in total. The van der Waals surface area contributed by atoms with Crippen LogP contribution in [0.5, 0.6) is 5.75 Å². The molecule has 4 aromatic rings. The zero-order valence-electron chi connectivity index (χ0n) is 19.3. The first-order valence-electron chi connectivity index (χ1n) is 11.4. The van der Waals surface area contributed by atoms with Gasteiger partial charge in [-0.1, -0.05) is 12.1 Å². The minimum Gasteiger partial charge on any atom is -0.484 e. The molecule has 0 spiro atoms. The fourth-order valence-corrected chi connectivity index (χ4v) is 4.13. The molecular weight excluding hydrogens is 447 g/mol. The first-order valence-corrected chi connectivity index (χ1v) is 11.4. The van der Waals surface area contributed by atoms with Crippen molar-refractivity contribution in [1.29, 1.82) is 0 Å². The minimum atomic E-state index is -0.303. The molecule has 0 atom stereocenters. The van der Waals surface area contributed by atoms with E-state index in [0.717, 1.165) is 11.1 Å². The van der Waals surface area contributed by atoms with Crippen molar-refractivity contribution in [3.05, 3.63) is 72.0 Å². The predicted molar refractivity (Wildman–Crippen MR) is 133 cm³/mol. The second kappa shape index (κ2) is 9.54. The minimum absolute atomic E-state index is 0.00454. The Hall–Kier alpha value is -4.27. The molecular formula is C26H25FN6O2. The second-order valence-corrected chi connectivity index (χ2v) is 8.45. The van der Waals surface area contributed by atoms with Crippen LogP contribution in [0.3, 0.4) is 0 Å². The Kier molecular flexibility index (Phi) is 6.13. The lowest BCUT2D eigenvalue weighted by Gasteiger charge is -2.35. The third-order valence-corrected chi connectivity index (χ3v) is 5.96. The summed E-state index contributed by atoms with van der Waals surface area (Å²) in [5, 5.41) is 0. The zero-order valence-corrected chi connectivity index (χ0v) is 19.3. The average molecular weight is 473 g/mol. The number of carbonyl (C=O) groups is 1. The van der Waals surface area contributed by atoms with Gasteiger partial charge < -0.3 is 20.3 Å².